The van der Waals surface area contributed by atoms with Gasteiger partial charge in [-0.25, -0.2) is 8.42 Å². The van der Waals surface area contributed by atoms with Crippen molar-refractivity contribution < 1.29 is 22.4 Å². The van der Waals surface area contributed by atoms with Crippen LogP contribution in [0.3, 0.4) is 0 Å². The molecule has 3 aromatic rings. The molecule has 0 aliphatic carbocycles. The summed E-state index contributed by atoms with van der Waals surface area (Å²) in [5, 5.41) is 3.30. The van der Waals surface area contributed by atoms with E-state index in [9.17, 15) is 13.2 Å². The molecule has 1 atom stereocenters. The number of methoxy groups -OCH3 is 1. The molecule has 0 aliphatic rings. The lowest BCUT2D eigenvalue weighted by Crippen LogP contribution is -2.33. The second kappa shape index (κ2) is 9.80. The van der Waals surface area contributed by atoms with Gasteiger partial charge >= 0.3 is 0 Å². The van der Waals surface area contributed by atoms with Gasteiger partial charge in [0, 0.05) is 11.6 Å². The van der Waals surface area contributed by atoms with Gasteiger partial charge in [0.05, 0.1) is 30.7 Å². The number of hydrogen-bond donors (Lipinski definition) is 2. The summed E-state index contributed by atoms with van der Waals surface area (Å²) in [5.41, 5.74) is 0.765. The zero-order valence-corrected chi connectivity index (χ0v) is 17.7. The summed E-state index contributed by atoms with van der Waals surface area (Å²) in [6, 6.07) is 15.5. The van der Waals surface area contributed by atoms with E-state index in [1.54, 1.807) is 42.5 Å². The molecule has 2 N–H and O–H groups in total. The fourth-order valence-corrected chi connectivity index (χ4v) is 4.20. The molecular weight excluding hydrogens is 428 g/mol. The number of nitrogens with one attached hydrogen (secondary N) is 2. The average molecular weight is 449 g/mol. The fraction of sp³-hybridized carbons (Fsp3) is 0.190. The lowest BCUT2D eigenvalue weighted by molar-refractivity contribution is -0.121. The number of rotatable bonds is 9. The molecule has 1 aromatic heterocycles. The van der Waals surface area contributed by atoms with Gasteiger partial charge in [0.25, 0.3) is 0 Å². The molecule has 30 heavy (non-hydrogen) atoms. The highest BCUT2D eigenvalue weighted by molar-refractivity contribution is 7.89. The Labute approximate surface area is 180 Å². The quantitative estimate of drug-likeness (QED) is 0.520. The Morgan fingerprint density at radius 3 is 2.47 bits per heavy atom. The summed E-state index contributed by atoms with van der Waals surface area (Å²) in [5.74, 6) is 0.518. The third-order valence-corrected chi connectivity index (χ3v) is 6.23. The predicted molar refractivity (Wildman–Crippen MR) is 113 cm³/mol. The number of benzene rings is 2. The molecule has 0 aliphatic heterocycles. The van der Waals surface area contributed by atoms with Gasteiger partial charge in [0.1, 0.15) is 11.5 Å². The number of amides is 1. The number of hydrogen-bond acceptors (Lipinski definition) is 5. The van der Waals surface area contributed by atoms with Gasteiger partial charge in [-0.2, -0.15) is 4.72 Å². The van der Waals surface area contributed by atoms with E-state index in [4.69, 9.17) is 20.8 Å². The first-order chi connectivity index (χ1) is 14.4. The van der Waals surface area contributed by atoms with Gasteiger partial charge < -0.3 is 14.5 Å². The smallest absolute Gasteiger partial charge is 0.241 e. The Kier molecular flexibility index (Phi) is 7.15. The van der Waals surface area contributed by atoms with E-state index in [0.717, 1.165) is 5.56 Å². The monoisotopic (exact) mass is 448 g/mol. The first-order valence-corrected chi connectivity index (χ1v) is 10.9. The molecule has 1 heterocycles. The minimum atomic E-state index is -3.90. The van der Waals surface area contributed by atoms with Crippen LogP contribution in [0.5, 0.6) is 5.75 Å². The maximum absolute atomic E-state index is 12.8. The van der Waals surface area contributed by atoms with E-state index in [0.29, 0.717) is 16.5 Å². The number of sulfonamides is 1. The summed E-state index contributed by atoms with van der Waals surface area (Å²) >= 11 is 6.10. The molecule has 0 bridgehead atoms. The van der Waals surface area contributed by atoms with Crippen LogP contribution in [0, 0.1) is 0 Å². The van der Waals surface area contributed by atoms with E-state index in [1.807, 2.05) is 6.07 Å². The van der Waals surface area contributed by atoms with Crippen LogP contribution in [0.2, 0.25) is 5.02 Å². The highest BCUT2D eigenvalue weighted by atomic mass is 35.5. The lowest BCUT2D eigenvalue weighted by atomic mass is 10.1. The Bertz CT molecular complexity index is 1080. The van der Waals surface area contributed by atoms with Crippen molar-refractivity contribution in [2.75, 3.05) is 7.11 Å². The normalized spacial score (nSPS) is 12.3. The van der Waals surface area contributed by atoms with Crippen LogP contribution in [0.25, 0.3) is 0 Å². The molecule has 158 valence electrons. The molecule has 0 saturated carbocycles. The number of carbonyl (C=O) groups excluding carboxylic acids is 1. The zero-order valence-electron chi connectivity index (χ0n) is 16.2. The predicted octanol–water partition coefficient (Wildman–Crippen LogP) is 3.67. The molecule has 0 saturated heterocycles. The van der Waals surface area contributed by atoms with Gasteiger partial charge in [-0.05, 0) is 48.0 Å². The average Bonchev–Trinajstić information content (AvgIpc) is 3.27. The first kappa shape index (κ1) is 21.9. The SMILES string of the molecule is COc1ccc(S(=O)(=O)N[C@@H](CC(=O)NCc2ccccc2Cl)c2ccco2)cc1. The molecule has 2 aromatic carbocycles. The number of furan rings is 1. The first-order valence-electron chi connectivity index (χ1n) is 9.09. The van der Waals surface area contributed by atoms with E-state index < -0.39 is 16.1 Å². The van der Waals surface area contributed by atoms with Crippen LogP contribution in [-0.2, 0) is 21.4 Å². The molecule has 3 rings (SSSR count). The summed E-state index contributed by atoms with van der Waals surface area (Å²) in [6.07, 6.45) is 1.28. The molecule has 0 spiro atoms. The molecule has 1 amide bonds. The zero-order chi connectivity index (χ0) is 21.6. The third-order valence-electron chi connectivity index (χ3n) is 4.38. The van der Waals surface area contributed by atoms with E-state index in [2.05, 4.69) is 10.0 Å². The Hall–Kier alpha value is -2.81. The van der Waals surface area contributed by atoms with Gasteiger partial charge in [0.2, 0.25) is 15.9 Å². The largest absolute Gasteiger partial charge is 0.497 e. The number of ether oxygens (including phenoxy) is 1. The van der Waals surface area contributed by atoms with Crippen LogP contribution >= 0.6 is 11.6 Å². The Balaban J connectivity index is 1.71. The van der Waals surface area contributed by atoms with Crippen molar-refractivity contribution >= 4 is 27.5 Å². The second-order valence-electron chi connectivity index (χ2n) is 6.44. The van der Waals surface area contributed by atoms with E-state index >= 15 is 0 Å². The molecule has 0 unspecified atom stereocenters. The number of halogens is 1. The van der Waals surface area contributed by atoms with Crippen molar-refractivity contribution in [1.29, 1.82) is 0 Å². The maximum atomic E-state index is 12.8. The van der Waals surface area contributed by atoms with Crippen molar-refractivity contribution in [2.45, 2.75) is 23.9 Å². The summed E-state index contributed by atoms with van der Waals surface area (Å²) in [6.45, 7) is 0.231. The van der Waals surface area contributed by atoms with Crippen molar-refractivity contribution in [2.24, 2.45) is 0 Å². The van der Waals surface area contributed by atoms with Gasteiger partial charge in [-0.15, -0.1) is 0 Å². The van der Waals surface area contributed by atoms with Gasteiger partial charge in [-0.1, -0.05) is 29.8 Å². The van der Waals surface area contributed by atoms with Crippen LogP contribution in [0.15, 0.2) is 76.2 Å². The summed E-state index contributed by atoms with van der Waals surface area (Å²) in [4.78, 5) is 12.5. The minimum absolute atomic E-state index is 0.0522. The van der Waals surface area contributed by atoms with Gasteiger partial charge in [-0.3, -0.25) is 4.79 Å². The van der Waals surface area contributed by atoms with Gasteiger partial charge in [0.15, 0.2) is 0 Å². The second-order valence-corrected chi connectivity index (χ2v) is 8.56. The van der Waals surface area contributed by atoms with Crippen LogP contribution in [0.1, 0.15) is 23.8 Å². The molecule has 9 heteroatoms. The standard InChI is InChI=1S/C21H21ClN2O5S/c1-28-16-8-10-17(11-9-16)30(26,27)24-19(20-7-4-12-29-20)13-21(25)23-14-15-5-2-3-6-18(15)22/h2-12,19,24H,13-14H2,1H3,(H,23,25)/t19-/m0/s1. The molecular formula is C21H21ClN2O5S. The molecule has 0 fully saturated rings. The van der Waals surface area contributed by atoms with Crippen molar-refractivity contribution in [3.63, 3.8) is 0 Å². The Morgan fingerprint density at radius 1 is 1.10 bits per heavy atom. The van der Waals surface area contributed by atoms with Crippen molar-refractivity contribution in [3.8, 4) is 5.75 Å². The van der Waals surface area contributed by atoms with Crippen molar-refractivity contribution in [1.82, 2.24) is 10.0 Å². The van der Waals surface area contributed by atoms with E-state index in [-0.39, 0.29) is 23.8 Å². The lowest BCUT2D eigenvalue weighted by Gasteiger charge is -2.17. The maximum Gasteiger partial charge on any atom is 0.241 e. The fourth-order valence-electron chi connectivity index (χ4n) is 2.79. The topological polar surface area (TPSA) is 97.6 Å². The highest BCUT2D eigenvalue weighted by Crippen LogP contribution is 2.22. The van der Waals surface area contributed by atoms with Crippen LogP contribution in [0.4, 0.5) is 0 Å². The number of carbonyl (C=O) groups is 1. The van der Waals surface area contributed by atoms with Crippen LogP contribution in [-0.4, -0.2) is 21.4 Å². The Morgan fingerprint density at radius 2 is 1.83 bits per heavy atom. The minimum Gasteiger partial charge on any atom is -0.497 e. The summed E-state index contributed by atoms with van der Waals surface area (Å²) in [7, 11) is -2.40. The van der Waals surface area contributed by atoms with E-state index in [1.165, 1.54) is 25.5 Å². The molecule has 7 nitrogen and oxygen atoms in total. The highest BCUT2D eigenvalue weighted by Gasteiger charge is 2.25. The van der Waals surface area contributed by atoms with Crippen LogP contribution < -0.4 is 14.8 Å². The van der Waals surface area contributed by atoms with Crippen molar-refractivity contribution in [3.05, 3.63) is 83.3 Å². The molecule has 0 radical (unpaired) electrons. The summed E-state index contributed by atoms with van der Waals surface area (Å²) < 4.78 is 38.5. The third kappa shape index (κ3) is 5.63.